The summed E-state index contributed by atoms with van der Waals surface area (Å²) in [6.07, 6.45) is 2.48. The van der Waals surface area contributed by atoms with Crippen molar-refractivity contribution in [1.29, 1.82) is 0 Å². The molecule has 3 heterocycles. The zero-order chi connectivity index (χ0) is 19.7. The molecule has 2 aromatic heterocycles. The normalized spacial score (nSPS) is 16.8. The van der Waals surface area contributed by atoms with Gasteiger partial charge in [-0.25, -0.2) is 9.97 Å². The van der Waals surface area contributed by atoms with Crippen molar-refractivity contribution in [1.82, 2.24) is 14.5 Å². The summed E-state index contributed by atoms with van der Waals surface area (Å²) in [5, 5.41) is 1.86. The molecular formula is C22H25N3O2S. The van der Waals surface area contributed by atoms with E-state index in [1.54, 1.807) is 0 Å². The number of hydrogen-bond donors (Lipinski definition) is 0. The highest BCUT2D eigenvalue weighted by Gasteiger charge is 2.21. The van der Waals surface area contributed by atoms with Gasteiger partial charge in [0.2, 0.25) is 0 Å². The summed E-state index contributed by atoms with van der Waals surface area (Å²) in [4.78, 5) is 22.0. The predicted molar refractivity (Wildman–Crippen MR) is 112 cm³/mol. The molecule has 1 atom stereocenters. The molecule has 0 aliphatic carbocycles. The molecule has 6 heteroatoms. The van der Waals surface area contributed by atoms with Crippen LogP contribution in [0.3, 0.4) is 0 Å². The molecule has 4 rings (SSSR count). The molecule has 0 unspecified atom stereocenters. The van der Waals surface area contributed by atoms with E-state index in [4.69, 9.17) is 4.74 Å². The van der Waals surface area contributed by atoms with Crippen LogP contribution in [0.15, 0.2) is 35.4 Å². The van der Waals surface area contributed by atoms with Gasteiger partial charge in [-0.15, -0.1) is 0 Å². The highest BCUT2D eigenvalue weighted by Crippen LogP contribution is 2.27. The largest absolute Gasteiger partial charge is 0.376 e. The maximum atomic E-state index is 13.0. The van der Waals surface area contributed by atoms with Crippen LogP contribution < -0.4 is 0 Å². The molecule has 146 valence electrons. The minimum atomic E-state index is 0.136. The standard InChI is InChI=1S/C22H25N3O2S/c1-14-11-19(15(2)25(14)12-17-7-6-10-27-17)21(26)13-28-22-18-8-4-5-9-20(18)23-16(3)24-22/h4-5,8-9,11,17H,6-7,10,12-13H2,1-3H3/t17-/m1/s1. The minimum absolute atomic E-state index is 0.136. The first-order valence-corrected chi connectivity index (χ1v) is 10.7. The maximum Gasteiger partial charge on any atom is 0.174 e. The van der Waals surface area contributed by atoms with Crippen molar-refractivity contribution in [3.63, 3.8) is 0 Å². The second kappa shape index (κ2) is 8.05. The fraction of sp³-hybridized carbons (Fsp3) is 0.409. The van der Waals surface area contributed by atoms with E-state index in [9.17, 15) is 4.79 Å². The molecule has 0 saturated carbocycles. The molecule has 5 nitrogen and oxygen atoms in total. The van der Waals surface area contributed by atoms with Crippen molar-refractivity contribution in [2.24, 2.45) is 0 Å². The summed E-state index contributed by atoms with van der Waals surface area (Å²) >= 11 is 1.49. The average Bonchev–Trinajstić information content (AvgIpc) is 3.29. The highest BCUT2D eigenvalue weighted by molar-refractivity contribution is 8.00. The van der Waals surface area contributed by atoms with Gasteiger partial charge in [-0.3, -0.25) is 4.79 Å². The van der Waals surface area contributed by atoms with Crippen molar-refractivity contribution in [3.05, 3.63) is 53.1 Å². The molecule has 28 heavy (non-hydrogen) atoms. The maximum absolute atomic E-state index is 13.0. The van der Waals surface area contributed by atoms with Gasteiger partial charge in [0.1, 0.15) is 10.9 Å². The molecule has 1 aliphatic rings. The zero-order valence-electron chi connectivity index (χ0n) is 16.6. The molecule has 0 spiro atoms. The Kier molecular flexibility index (Phi) is 5.51. The number of hydrogen-bond acceptors (Lipinski definition) is 5. The summed E-state index contributed by atoms with van der Waals surface area (Å²) in [5.41, 5.74) is 3.87. The van der Waals surface area contributed by atoms with Gasteiger partial charge in [0.05, 0.1) is 17.4 Å². The predicted octanol–water partition coefficient (Wildman–Crippen LogP) is 4.51. The first-order valence-electron chi connectivity index (χ1n) is 9.70. The number of rotatable bonds is 6. The quantitative estimate of drug-likeness (QED) is 0.349. The Hall–Kier alpha value is -2.18. The Balaban J connectivity index is 1.52. The number of Topliss-reactive ketones (excluding diaryl/α,β-unsaturated/α-hetero) is 1. The van der Waals surface area contributed by atoms with Crippen molar-refractivity contribution in [2.45, 2.75) is 51.3 Å². The summed E-state index contributed by atoms with van der Waals surface area (Å²) < 4.78 is 7.99. The van der Waals surface area contributed by atoms with Crippen LogP contribution in [0.4, 0.5) is 0 Å². The summed E-state index contributed by atoms with van der Waals surface area (Å²) in [5.74, 6) is 1.23. The van der Waals surface area contributed by atoms with Crippen LogP contribution in [0.2, 0.25) is 0 Å². The van der Waals surface area contributed by atoms with E-state index >= 15 is 0 Å². The summed E-state index contributed by atoms with van der Waals surface area (Å²) in [6, 6.07) is 9.95. The second-order valence-electron chi connectivity index (χ2n) is 7.34. The fourth-order valence-electron chi connectivity index (χ4n) is 3.84. The van der Waals surface area contributed by atoms with Crippen LogP contribution in [0, 0.1) is 20.8 Å². The molecule has 1 fully saturated rings. The number of thioether (sulfide) groups is 1. The third-order valence-electron chi connectivity index (χ3n) is 5.30. The number of carbonyl (C=O) groups excluding carboxylic acids is 1. The Morgan fingerprint density at radius 1 is 1.25 bits per heavy atom. The number of ether oxygens (including phenoxy) is 1. The van der Waals surface area contributed by atoms with Crippen LogP contribution in [-0.2, 0) is 11.3 Å². The molecule has 1 aliphatic heterocycles. The molecule has 0 bridgehead atoms. The van der Waals surface area contributed by atoms with Crippen molar-refractivity contribution < 1.29 is 9.53 Å². The number of carbonyl (C=O) groups is 1. The molecular weight excluding hydrogens is 370 g/mol. The molecule has 0 amide bonds. The van der Waals surface area contributed by atoms with Gasteiger partial charge in [-0.1, -0.05) is 30.0 Å². The first-order chi connectivity index (χ1) is 13.5. The average molecular weight is 396 g/mol. The van der Waals surface area contributed by atoms with Gasteiger partial charge >= 0.3 is 0 Å². The van der Waals surface area contributed by atoms with E-state index in [1.807, 2.05) is 44.2 Å². The molecule has 1 aromatic carbocycles. The number of para-hydroxylation sites is 1. The molecule has 3 aromatic rings. The Labute approximate surface area is 169 Å². The van der Waals surface area contributed by atoms with Gasteiger partial charge in [-0.05, 0) is 45.7 Å². The third kappa shape index (κ3) is 3.84. The van der Waals surface area contributed by atoms with Crippen LogP contribution in [0.1, 0.15) is 40.4 Å². The SMILES string of the molecule is Cc1nc(SCC(=O)c2cc(C)n(C[C@H]3CCCO3)c2C)c2ccccc2n1. The Morgan fingerprint density at radius 3 is 2.86 bits per heavy atom. The van der Waals surface area contributed by atoms with E-state index in [-0.39, 0.29) is 11.9 Å². The van der Waals surface area contributed by atoms with Crippen molar-refractivity contribution in [3.8, 4) is 0 Å². The van der Waals surface area contributed by atoms with Crippen LogP contribution in [0.25, 0.3) is 10.9 Å². The van der Waals surface area contributed by atoms with Crippen LogP contribution in [0.5, 0.6) is 0 Å². The van der Waals surface area contributed by atoms with Crippen LogP contribution in [-0.4, -0.2) is 38.8 Å². The van der Waals surface area contributed by atoms with Gasteiger partial charge in [-0.2, -0.15) is 0 Å². The Bertz CT molecular complexity index is 1020. The number of nitrogens with zero attached hydrogens (tertiary/aromatic N) is 3. The van der Waals surface area contributed by atoms with E-state index in [0.29, 0.717) is 5.75 Å². The summed E-state index contributed by atoms with van der Waals surface area (Å²) in [6.45, 7) is 7.65. The van der Waals surface area contributed by atoms with E-state index < -0.39 is 0 Å². The van der Waals surface area contributed by atoms with Crippen LogP contribution >= 0.6 is 11.8 Å². The van der Waals surface area contributed by atoms with Gasteiger partial charge in [0.15, 0.2) is 5.78 Å². The molecule has 1 saturated heterocycles. The third-order valence-corrected chi connectivity index (χ3v) is 6.30. The van der Waals surface area contributed by atoms with Crippen molar-refractivity contribution in [2.75, 3.05) is 12.4 Å². The minimum Gasteiger partial charge on any atom is -0.376 e. The molecule has 0 radical (unpaired) electrons. The van der Waals surface area contributed by atoms with Gasteiger partial charge in [0.25, 0.3) is 0 Å². The topological polar surface area (TPSA) is 57.0 Å². The lowest BCUT2D eigenvalue weighted by Crippen LogP contribution is -2.17. The highest BCUT2D eigenvalue weighted by atomic mass is 32.2. The van der Waals surface area contributed by atoms with E-state index in [1.165, 1.54) is 11.8 Å². The Morgan fingerprint density at radius 2 is 2.07 bits per heavy atom. The number of fused-ring (bicyclic) bond motifs is 1. The monoisotopic (exact) mass is 395 g/mol. The van der Waals surface area contributed by atoms with Gasteiger partial charge in [0, 0.05) is 35.5 Å². The number of aryl methyl sites for hydroxylation is 2. The number of ketones is 1. The number of benzene rings is 1. The smallest absolute Gasteiger partial charge is 0.174 e. The zero-order valence-corrected chi connectivity index (χ0v) is 17.4. The number of aromatic nitrogens is 3. The van der Waals surface area contributed by atoms with E-state index in [0.717, 1.165) is 64.7 Å². The lowest BCUT2D eigenvalue weighted by Gasteiger charge is -2.14. The van der Waals surface area contributed by atoms with Gasteiger partial charge < -0.3 is 9.30 Å². The lowest BCUT2D eigenvalue weighted by molar-refractivity contribution is 0.0957. The van der Waals surface area contributed by atoms with E-state index in [2.05, 4.69) is 21.5 Å². The van der Waals surface area contributed by atoms with Crippen molar-refractivity contribution >= 4 is 28.4 Å². The molecule has 0 N–H and O–H groups in total. The first kappa shape index (κ1) is 19.2. The fourth-order valence-corrected chi connectivity index (χ4v) is 4.78. The lowest BCUT2D eigenvalue weighted by atomic mass is 10.2. The second-order valence-corrected chi connectivity index (χ2v) is 8.30. The summed E-state index contributed by atoms with van der Waals surface area (Å²) in [7, 11) is 0.